The molecule has 5 rings (SSSR count). The van der Waals surface area contributed by atoms with Crippen molar-refractivity contribution in [2.75, 3.05) is 5.32 Å². The maximum Gasteiger partial charge on any atom is 0.293 e. The van der Waals surface area contributed by atoms with Crippen LogP contribution in [-0.4, -0.2) is 16.0 Å². The van der Waals surface area contributed by atoms with Crippen LogP contribution in [0.2, 0.25) is 0 Å². The fourth-order valence-electron chi connectivity index (χ4n) is 4.03. The lowest BCUT2D eigenvalue weighted by Crippen LogP contribution is -2.33. The number of furan rings is 1. The highest BCUT2D eigenvalue weighted by Crippen LogP contribution is 2.28. The smallest absolute Gasteiger partial charge is 0.293 e. The van der Waals surface area contributed by atoms with Gasteiger partial charge in [0.25, 0.3) is 5.91 Å². The first-order valence-corrected chi connectivity index (χ1v) is 12.0. The van der Waals surface area contributed by atoms with Crippen molar-refractivity contribution in [1.29, 1.82) is 0 Å². The number of aromatic nitrogens is 1. The van der Waals surface area contributed by atoms with Crippen LogP contribution in [0, 0.1) is 27.7 Å². The number of benzene rings is 3. The van der Waals surface area contributed by atoms with E-state index in [-0.39, 0.29) is 10.9 Å². The minimum absolute atomic E-state index is 0.171. The molecule has 0 aliphatic rings. The Bertz CT molecular complexity index is 1610. The number of anilines is 1. The summed E-state index contributed by atoms with van der Waals surface area (Å²) in [5, 5.41) is 5.86. The molecule has 7 heteroatoms. The number of aryl methyl sites for hydroxylation is 4. The summed E-state index contributed by atoms with van der Waals surface area (Å²) in [7, 11) is 0. The summed E-state index contributed by atoms with van der Waals surface area (Å²) >= 11 is 5.32. The van der Waals surface area contributed by atoms with Gasteiger partial charge in [-0.15, -0.1) is 0 Å². The number of nitrogens with one attached hydrogen (secondary N) is 2. The second-order valence-electron chi connectivity index (χ2n) is 8.90. The molecule has 0 aliphatic carbocycles. The molecule has 36 heavy (non-hydrogen) atoms. The summed E-state index contributed by atoms with van der Waals surface area (Å²) in [6, 6.07) is 21.0. The van der Waals surface area contributed by atoms with E-state index in [1.54, 1.807) is 12.1 Å². The zero-order valence-corrected chi connectivity index (χ0v) is 21.2. The zero-order chi connectivity index (χ0) is 25.4. The molecule has 0 saturated carbocycles. The van der Waals surface area contributed by atoms with Gasteiger partial charge in [-0.2, -0.15) is 0 Å². The summed E-state index contributed by atoms with van der Waals surface area (Å²) in [5.74, 6) is 0.946. The third-order valence-corrected chi connectivity index (χ3v) is 6.26. The topological polar surface area (TPSA) is 80.3 Å². The molecule has 3 aromatic carbocycles. The third kappa shape index (κ3) is 4.78. The molecule has 0 fully saturated rings. The van der Waals surface area contributed by atoms with Gasteiger partial charge in [-0.1, -0.05) is 18.2 Å². The molecule has 5 aromatic rings. The summed E-state index contributed by atoms with van der Waals surface area (Å²) in [5.41, 5.74) is 8.68. The molecular formula is C29H25N3O3S. The molecule has 0 unspecified atom stereocenters. The Kier molecular flexibility index (Phi) is 6.16. The summed E-state index contributed by atoms with van der Waals surface area (Å²) in [6.45, 7) is 8.15. The predicted octanol–water partition coefficient (Wildman–Crippen LogP) is 7.12. The first kappa shape index (κ1) is 23.5. The van der Waals surface area contributed by atoms with E-state index in [1.807, 2.05) is 69.3 Å². The van der Waals surface area contributed by atoms with Crippen molar-refractivity contribution in [2.45, 2.75) is 27.7 Å². The average molecular weight is 496 g/mol. The van der Waals surface area contributed by atoms with E-state index in [2.05, 4.69) is 28.6 Å². The SMILES string of the molecule is Cc1cc(C)c2oc(-c3ccc(NC(=S)NC(=O)c4ccc(-c5ccc(C)c(C)c5)o4)cc3)nc2c1. The van der Waals surface area contributed by atoms with Crippen molar-refractivity contribution in [3.8, 4) is 22.8 Å². The number of carbonyl (C=O) groups excluding carboxylic acids is 1. The Hall–Kier alpha value is -4.23. The van der Waals surface area contributed by atoms with E-state index < -0.39 is 5.91 Å². The van der Waals surface area contributed by atoms with Crippen molar-refractivity contribution in [3.05, 3.63) is 94.7 Å². The number of hydrogen-bond donors (Lipinski definition) is 2. The van der Waals surface area contributed by atoms with Crippen molar-refractivity contribution in [2.24, 2.45) is 0 Å². The Morgan fingerprint density at radius 3 is 2.31 bits per heavy atom. The van der Waals surface area contributed by atoms with E-state index in [4.69, 9.17) is 21.1 Å². The zero-order valence-electron chi connectivity index (χ0n) is 20.4. The van der Waals surface area contributed by atoms with Crippen molar-refractivity contribution >= 4 is 40.0 Å². The standard InChI is InChI=1S/C29H25N3O3S/c1-16-13-19(4)26-23(14-16)31-28(35-26)20-7-9-22(10-8-20)30-29(36)32-27(33)25-12-11-24(34-25)21-6-5-17(2)18(3)15-21/h5-15H,1-4H3,(H2,30,32,33,36). The van der Waals surface area contributed by atoms with E-state index in [1.165, 1.54) is 5.56 Å². The highest BCUT2D eigenvalue weighted by atomic mass is 32.1. The molecule has 2 aromatic heterocycles. The Labute approximate surface area is 214 Å². The van der Waals surface area contributed by atoms with Crippen molar-refractivity contribution in [1.82, 2.24) is 10.3 Å². The molecule has 0 spiro atoms. The van der Waals surface area contributed by atoms with Crippen LogP contribution in [0.4, 0.5) is 5.69 Å². The molecular weight excluding hydrogens is 470 g/mol. The van der Waals surface area contributed by atoms with Crippen LogP contribution in [0.15, 0.2) is 75.6 Å². The molecule has 180 valence electrons. The Morgan fingerprint density at radius 2 is 1.56 bits per heavy atom. The van der Waals surface area contributed by atoms with Gasteiger partial charge in [-0.05, 0) is 111 Å². The first-order valence-electron chi connectivity index (χ1n) is 11.5. The maximum atomic E-state index is 12.6. The lowest BCUT2D eigenvalue weighted by molar-refractivity contribution is 0.0951. The molecule has 0 radical (unpaired) electrons. The molecule has 1 amide bonds. The molecule has 2 N–H and O–H groups in total. The second kappa shape index (κ2) is 9.43. The number of nitrogens with zero attached hydrogens (tertiary/aromatic N) is 1. The lowest BCUT2D eigenvalue weighted by atomic mass is 10.1. The van der Waals surface area contributed by atoms with Gasteiger partial charge in [0.05, 0.1) is 0 Å². The minimum Gasteiger partial charge on any atom is -0.451 e. The van der Waals surface area contributed by atoms with Crippen molar-refractivity contribution < 1.29 is 13.6 Å². The van der Waals surface area contributed by atoms with E-state index in [0.29, 0.717) is 11.7 Å². The Morgan fingerprint density at radius 1 is 0.806 bits per heavy atom. The van der Waals surface area contributed by atoms with Gasteiger partial charge in [-0.3, -0.25) is 10.1 Å². The molecule has 0 bridgehead atoms. The van der Waals surface area contributed by atoms with E-state index >= 15 is 0 Å². The number of fused-ring (bicyclic) bond motifs is 1. The molecule has 0 saturated heterocycles. The Balaban J connectivity index is 1.23. The molecule has 0 aliphatic heterocycles. The fourth-order valence-corrected chi connectivity index (χ4v) is 4.24. The number of amides is 1. The largest absolute Gasteiger partial charge is 0.451 e. The van der Waals surface area contributed by atoms with Gasteiger partial charge in [-0.25, -0.2) is 4.98 Å². The van der Waals surface area contributed by atoms with Crippen LogP contribution < -0.4 is 10.6 Å². The highest BCUT2D eigenvalue weighted by molar-refractivity contribution is 7.80. The van der Waals surface area contributed by atoms with Crippen LogP contribution in [-0.2, 0) is 0 Å². The van der Waals surface area contributed by atoms with Gasteiger partial charge in [0.2, 0.25) is 5.89 Å². The molecule has 6 nitrogen and oxygen atoms in total. The van der Waals surface area contributed by atoms with Gasteiger partial charge in [0.1, 0.15) is 11.3 Å². The maximum absolute atomic E-state index is 12.6. The van der Waals surface area contributed by atoms with E-state index in [0.717, 1.165) is 44.6 Å². The van der Waals surface area contributed by atoms with E-state index in [9.17, 15) is 4.79 Å². The third-order valence-electron chi connectivity index (χ3n) is 6.06. The number of thiocarbonyl (C=S) groups is 1. The highest BCUT2D eigenvalue weighted by Gasteiger charge is 2.15. The predicted molar refractivity (Wildman–Crippen MR) is 146 cm³/mol. The first-order chi connectivity index (χ1) is 17.3. The van der Waals surface area contributed by atoms with Crippen LogP contribution in [0.25, 0.3) is 33.9 Å². The number of hydrogen-bond acceptors (Lipinski definition) is 5. The minimum atomic E-state index is -0.420. The van der Waals surface area contributed by atoms with Crippen molar-refractivity contribution in [3.63, 3.8) is 0 Å². The summed E-state index contributed by atoms with van der Waals surface area (Å²) in [6.07, 6.45) is 0. The van der Waals surface area contributed by atoms with Gasteiger partial charge in [0, 0.05) is 16.8 Å². The quantitative estimate of drug-likeness (QED) is 0.259. The molecule has 0 atom stereocenters. The number of carbonyl (C=O) groups is 1. The van der Waals surface area contributed by atoms with Gasteiger partial charge >= 0.3 is 0 Å². The molecule has 2 heterocycles. The summed E-state index contributed by atoms with van der Waals surface area (Å²) in [4.78, 5) is 17.3. The van der Waals surface area contributed by atoms with Gasteiger partial charge < -0.3 is 14.2 Å². The van der Waals surface area contributed by atoms with Crippen LogP contribution >= 0.6 is 12.2 Å². The number of rotatable bonds is 4. The van der Waals surface area contributed by atoms with Crippen LogP contribution in [0.5, 0.6) is 0 Å². The fraction of sp³-hybridized carbons (Fsp3) is 0.138. The number of oxazole rings is 1. The lowest BCUT2D eigenvalue weighted by Gasteiger charge is -2.09. The average Bonchev–Trinajstić information content (AvgIpc) is 3.49. The van der Waals surface area contributed by atoms with Crippen LogP contribution in [0.1, 0.15) is 32.8 Å². The summed E-state index contributed by atoms with van der Waals surface area (Å²) < 4.78 is 11.7. The normalized spacial score (nSPS) is 11.0. The second-order valence-corrected chi connectivity index (χ2v) is 9.31. The van der Waals surface area contributed by atoms with Gasteiger partial charge in [0.15, 0.2) is 16.5 Å². The monoisotopic (exact) mass is 495 g/mol. The van der Waals surface area contributed by atoms with Crippen LogP contribution in [0.3, 0.4) is 0 Å².